The largest absolute Gasteiger partial charge is 0.410 e. The Morgan fingerprint density at radius 3 is 2.82 bits per heavy atom. The molecule has 2 N–H and O–H groups in total. The molecule has 1 saturated heterocycles. The molecule has 0 aromatic rings. The molecule has 1 aliphatic rings. The zero-order valence-electron chi connectivity index (χ0n) is 6.07. The first-order valence-corrected chi connectivity index (χ1v) is 3.93. The van der Waals surface area contributed by atoms with Crippen LogP contribution < -0.4 is 5.32 Å². The van der Waals surface area contributed by atoms with E-state index < -0.39 is 0 Å². The summed E-state index contributed by atoms with van der Waals surface area (Å²) in [5.74, 6) is 1.61. The number of thioether (sulfide) groups is 1. The third-order valence-corrected chi connectivity index (χ3v) is 2.11. The van der Waals surface area contributed by atoms with Crippen LogP contribution in [-0.4, -0.2) is 35.4 Å². The lowest BCUT2D eigenvalue weighted by molar-refractivity contribution is 0.321. The van der Waals surface area contributed by atoms with E-state index in [0.29, 0.717) is 10.9 Å². The second-order valence-corrected chi connectivity index (χ2v) is 2.84. The number of halogens is 1. The summed E-state index contributed by atoms with van der Waals surface area (Å²) in [4.78, 5) is 3.89. The smallest absolute Gasteiger partial charge is 0.177 e. The molecule has 6 heteroatoms. The van der Waals surface area contributed by atoms with Crippen LogP contribution in [0.5, 0.6) is 0 Å². The molecule has 1 heterocycles. The van der Waals surface area contributed by atoms with Crippen molar-refractivity contribution in [3.63, 3.8) is 0 Å². The van der Waals surface area contributed by atoms with Crippen molar-refractivity contribution in [1.82, 2.24) is 5.32 Å². The van der Waals surface area contributed by atoms with E-state index in [9.17, 15) is 0 Å². The van der Waals surface area contributed by atoms with Crippen LogP contribution in [0.2, 0.25) is 0 Å². The molecule has 0 unspecified atom stereocenters. The number of rotatable bonds is 0. The predicted molar refractivity (Wildman–Crippen MR) is 50.3 cm³/mol. The fraction of sp³-hybridized carbons (Fsp3) is 0.600. The number of hydrogen-bond donors (Lipinski definition) is 2. The van der Waals surface area contributed by atoms with Crippen molar-refractivity contribution >= 4 is 35.0 Å². The maximum Gasteiger partial charge on any atom is 0.177 e. The molecule has 0 aromatic heterocycles. The highest BCUT2D eigenvalue weighted by Gasteiger charge is 2.13. The lowest BCUT2D eigenvalue weighted by Crippen LogP contribution is -2.36. The van der Waals surface area contributed by atoms with E-state index in [1.807, 2.05) is 0 Å². The molecule has 1 fully saturated rings. The number of nitrogens with one attached hydrogen (secondary N) is 1. The van der Waals surface area contributed by atoms with Gasteiger partial charge in [-0.1, -0.05) is 16.9 Å². The Kier molecular flexibility index (Phi) is 5.06. The number of nitrogens with zero attached hydrogens (tertiary/aromatic N) is 2. The minimum Gasteiger partial charge on any atom is -0.410 e. The number of oxime groups is 1. The third-order valence-electron chi connectivity index (χ3n) is 1.15. The molecule has 0 radical (unpaired) electrons. The second kappa shape index (κ2) is 5.26. The minimum atomic E-state index is 0. The zero-order valence-corrected chi connectivity index (χ0v) is 7.71. The maximum absolute atomic E-state index is 8.44. The summed E-state index contributed by atoms with van der Waals surface area (Å²) < 4.78 is 0. The van der Waals surface area contributed by atoms with Gasteiger partial charge in [0.1, 0.15) is 0 Å². The summed E-state index contributed by atoms with van der Waals surface area (Å²) in [6.07, 6.45) is 0. The van der Waals surface area contributed by atoms with Gasteiger partial charge in [0.25, 0.3) is 0 Å². The second-order valence-electron chi connectivity index (χ2n) is 1.75. The van der Waals surface area contributed by atoms with Crippen molar-refractivity contribution in [2.24, 2.45) is 10.1 Å². The Labute approximate surface area is 75.6 Å². The van der Waals surface area contributed by atoms with Crippen LogP contribution in [0.4, 0.5) is 0 Å². The minimum absolute atomic E-state index is 0. The average molecular weight is 196 g/mol. The number of hydrogen-bond acceptors (Lipinski definition) is 4. The van der Waals surface area contributed by atoms with Gasteiger partial charge < -0.3 is 10.5 Å². The molecule has 0 bridgehead atoms. The molecule has 11 heavy (non-hydrogen) atoms. The molecular weight excluding hydrogens is 186 g/mol. The molecule has 0 aromatic carbocycles. The Hall–Kier alpha value is -0.420. The van der Waals surface area contributed by atoms with Gasteiger partial charge in [-0.2, -0.15) is 0 Å². The average Bonchev–Trinajstić information content (AvgIpc) is 2.04. The lowest BCUT2D eigenvalue weighted by Gasteiger charge is -2.14. The van der Waals surface area contributed by atoms with Crippen molar-refractivity contribution in [1.29, 1.82) is 0 Å². The molecule has 0 saturated carbocycles. The summed E-state index contributed by atoms with van der Waals surface area (Å²) >= 11 is 1.50. The van der Waals surface area contributed by atoms with E-state index in [1.54, 1.807) is 7.05 Å². The predicted octanol–water partition coefficient (Wildman–Crippen LogP) is 0.561. The number of aliphatic imine (C=N–C) groups is 1. The lowest BCUT2D eigenvalue weighted by atomic mass is 10.5. The van der Waals surface area contributed by atoms with Crippen LogP contribution in [-0.2, 0) is 0 Å². The standard InChI is InChI=1S/C5H9N3OS.ClH/c1-6-4-5(8-9)10-3-2-7-4;/h9H,2-3H2,1H3,(H,6,7);1H/b8-5+;. The topological polar surface area (TPSA) is 57.0 Å². The van der Waals surface area contributed by atoms with Gasteiger partial charge in [0.2, 0.25) is 0 Å². The third kappa shape index (κ3) is 2.59. The number of amidine groups is 1. The van der Waals surface area contributed by atoms with Crippen LogP contribution in [0.3, 0.4) is 0 Å². The van der Waals surface area contributed by atoms with Gasteiger partial charge in [-0.3, -0.25) is 4.99 Å². The van der Waals surface area contributed by atoms with Crippen LogP contribution in [0.1, 0.15) is 0 Å². The van der Waals surface area contributed by atoms with Crippen LogP contribution in [0.15, 0.2) is 10.1 Å². The van der Waals surface area contributed by atoms with Crippen molar-refractivity contribution in [2.75, 3.05) is 19.3 Å². The maximum atomic E-state index is 8.44. The fourth-order valence-electron chi connectivity index (χ4n) is 0.712. The summed E-state index contributed by atoms with van der Waals surface area (Å²) in [5, 5.41) is 15.1. The van der Waals surface area contributed by atoms with Crippen molar-refractivity contribution in [2.45, 2.75) is 0 Å². The van der Waals surface area contributed by atoms with Gasteiger partial charge in [-0.05, 0) is 0 Å². The Morgan fingerprint density at radius 2 is 2.36 bits per heavy atom. The molecule has 1 rings (SSSR count). The molecular formula is C5H10ClN3OS. The summed E-state index contributed by atoms with van der Waals surface area (Å²) in [7, 11) is 1.67. The highest BCUT2D eigenvalue weighted by atomic mass is 35.5. The zero-order chi connectivity index (χ0) is 7.40. The Morgan fingerprint density at radius 1 is 1.64 bits per heavy atom. The first kappa shape index (κ1) is 10.6. The summed E-state index contributed by atoms with van der Waals surface area (Å²) in [5.41, 5.74) is 0. The van der Waals surface area contributed by atoms with Crippen molar-refractivity contribution in [3.05, 3.63) is 0 Å². The van der Waals surface area contributed by atoms with E-state index in [-0.39, 0.29) is 12.4 Å². The van der Waals surface area contributed by atoms with E-state index >= 15 is 0 Å². The molecule has 0 spiro atoms. The van der Waals surface area contributed by atoms with Crippen LogP contribution in [0.25, 0.3) is 0 Å². The van der Waals surface area contributed by atoms with Crippen molar-refractivity contribution in [3.8, 4) is 0 Å². The van der Waals surface area contributed by atoms with Gasteiger partial charge in [-0.15, -0.1) is 12.4 Å². The highest BCUT2D eigenvalue weighted by molar-refractivity contribution is 8.15. The molecule has 0 atom stereocenters. The normalized spacial score (nSPS) is 24.5. The highest BCUT2D eigenvalue weighted by Crippen LogP contribution is 2.07. The van der Waals surface area contributed by atoms with Gasteiger partial charge in [0, 0.05) is 19.3 Å². The summed E-state index contributed by atoms with van der Waals surface area (Å²) in [6, 6.07) is 0. The van der Waals surface area contributed by atoms with Gasteiger partial charge in [0.15, 0.2) is 10.9 Å². The first-order valence-electron chi connectivity index (χ1n) is 2.94. The SMILES string of the molecule is CN=C1NCCS/C1=N/O.Cl. The quantitative estimate of drug-likeness (QED) is 0.439. The molecule has 0 aliphatic carbocycles. The van der Waals surface area contributed by atoms with Crippen LogP contribution >= 0.6 is 24.2 Å². The monoisotopic (exact) mass is 195 g/mol. The molecule has 0 amide bonds. The van der Waals surface area contributed by atoms with Crippen LogP contribution in [0, 0.1) is 0 Å². The fourth-order valence-corrected chi connectivity index (χ4v) is 1.47. The van der Waals surface area contributed by atoms with Gasteiger partial charge in [0.05, 0.1) is 0 Å². The van der Waals surface area contributed by atoms with Gasteiger partial charge >= 0.3 is 0 Å². The van der Waals surface area contributed by atoms with Gasteiger partial charge in [-0.25, -0.2) is 0 Å². The van der Waals surface area contributed by atoms with Crippen molar-refractivity contribution < 1.29 is 5.21 Å². The van der Waals surface area contributed by atoms with E-state index in [2.05, 4.69) is 15.5 Å². The van der Waals surface area contributed by atoms with E-state index in [4.69, 9.17) is 5.21 Å². The Balaban J connectivity index is 0.000001000. The molecule has 4 nitrogen and oxygen atoms in total. The molecule has 64 valence electrons. The Bertz CT molecular complexity index is 163. The molecule has 1 aliphatic heterocycles. The van der Waals surface area contributed by atoms with E-state index in [1.165, 1.54) is 11.8 Å². The first-order chi connectivity index (χ1) is 4.88. The van der Waals surface area contributed by atoms with E-state index in [0.717, 1.165) is 12.3 Å². The summed E-state index contributed by atoms with van der Waals surface area (Å²) in [6.45, 7) is 0.885.